The van der Waals surface area contributed by atoms with Crippen LogP contribution in [-0.4, -0.2) is 47.7 Å². The molecule has 0 aromatic heterocycles. The molecule has 0 unspecified atom stereocenters. The van der Waals surface area contributed by atoms with Gasteiger partial charge in [0.25, 0.3) is 5.91 Å². The Bertz CT molecular complexity index is 813. The number of hydrogen-bond acceptors (Lipinski definition) is 7. The van der Waals surface area contributed by atoms with E-state index < -0.39 is 5.91 Å². The Morgan fingerprint density at radius 1 is 0.852 bits per heavy atom. The molecule has 2 rings (SSSR count). The Morgan fingerprint density at radius 3 is 2.00 bits per heavy atom. The Hall–Kier alpha value is -3.42. The van der Waals surface area contributed by atoms with Crippen LogP contribution in [0.15, 0.2) is 35.4 Å². The summed E-state index contributed by atoms with van der Waals surface area (Å²) in [5.41, 5.74) is 3.42. The maximum Gasteiger partial charge on any atom is 0.271 e. The van der Waals surface area contributed by atoms with E-state index in [1.165, 1.54) is 41.8 Å². The van der Waals surface area contributed by atoms with Crippen LogP contribution < -0.4 is 29.1 Å². The van der Waals surface area contributed by atoms with E-state index in [2.05, 4.69) is 10.5 Å². The third kappa shape index (κ3) is 4.60. The maximum atomic E-state index is 12.3. The molecule has 2 aromatic carbocycles. The van der Waals surface area contributed by atoms with Crippen molar-refractivity contribution < 1.29 is 28.5 Å². The van der Waals surface area contributed by atoms with Gasteiger partial charge in [0.15, 0.2) is 11.5 Å². The summed E-state index contributed by atoms with van der Waals surface area (Å²) < 4.78 is 26.2. The lowest BCUT2D eigenvalue weighted by atomic mass is 10.2. The lowest BCUT2D eigenvalue weighted by Crippen LogP contribution is -2.17. The van der Waals surface area contributed by atoms with E-state index in [4.69, 9.17) is 23.7 Å². The molecule has 0 radical (unpaired) electrons. The van der Waals surface area contributed by atoms with Crippen LogP contribution in [0.25, 0.3) is 0 Å². The van der Waals surface area contributed by atoms with E-state index in [0.29, 0.717) is 39.9 Å². The summed E-state index contributed by atoms with van der Waals surface area (Å²) in [6.45, 7) is 0. The van der Waals surface area contributed by atoms with E-state index in [-0.39, 0.29) is 0 Å². The summed E-state index contributed by atoms with van der Waals surface area (Å²) in [6.07, 6.45) is 1.45. The summed E-state index contributed by atoms with van der Waals surface area (Å²) in [6, 6.07) is 8.31. The largest absolute Gasteiger partial charge is 0.497 e. The van der Waals surface area contributed by atoms with Crippen molar-refractivity contribution in [3.8, 4) is 28.7 Å². The third-order valence-electron chi connectivity index (χ3n) is 3.72. The Labute approximate surface area is 157 Å². The fraction of sp³-hybridized carbons (Fsp3) is 0.263. The number of methoxy groups -OCH3 is 5. The predicted molar refractivity (Wildman–Crippen MR) is 101 cm³/mol. The molecule has 27 heavy (non-hydrogen) atoms. The van der Waals surface area contributed by atoms with Crippen LogP contribution in [0.1, 0.15) is 15.9 Å². The molecular weight excluding hydrogens is 352 g/mol. The average Bonchev–Trinajstić information content (AvgIpc) is 2.72. The molecule has 0 aliphatic heterocycles. The monoisotopic (exact) mass is 374 g/mol. The van der Waals surface area contributed by atoms with Gasteiger partial charge < -0.3 is 23.7 Å². The Morgan fingerprint density at radius 2 is 1.48 bits per heavy atom. The summed E-state index contributed by atoms with van der Waals surface area (Å²) >= 11 is 0. The number of carbonyl (C=O) groups is 1. The first kappa shape index (κ1) is 19.9. The van der Waals surface area contributed by atoms with Gasteiger partial charge in [-0.15, -0.1) is 0 Å². The molecule has 2 aromatic rings. The van der Waals surface area contributed by atoms with Crippen LogP contribution in [0.4, 0.5) is 0 Å². The van der Waals surface area contributed by atoms with Crippen molar-refractivity contribution in [3.05, 3.63) is 41.5 Å². The van der Waals surface area contributed by atoms with Gasteiger partial charge in [-0.3, -0.25) is 4.79 Å². The van der Waals surface area contributed by atoms with Gasteiger partial charge in [-0.05, 0) is 24.3 Å². The standard InChI is InChI=1S/C19H22N2O6/c1-23-14-8-13(9-15(10-14)24-2)19(22)21-20-11-12-6-7-16(25-3)18(27-5)17(12)26-4/h6-11H,1-5H3,(H,21,22). The molecular formula is C19H22N2O6. The number of hydrogen-bond donors (Lipinski definition) is 1. The quantitative estimate of drug-likeness (QED) is 0.564. The van der Waals surface area contributed by atoms with E-state index in [1.54, 1.807) is 30.3 Å². The van der Waals surface area contributed by atoms with Crippen molar-refractivity contribution in [3.63, 3.8) is 0 Å². The molecule has 0 heterocycles. The van der Waals surface area contributed by atoms with Crippen molar-refractivity contribution in [2.24, 2.45) is 5.10 Å². The molecule has 1 N–H and O–H groups in total. The van der Waals surface area contributed by atoms with Gasteiger partial charge in [-0.2, -0.15) is 5.10 Å². The first-order valence-corrected chi connectivity index (χ1v) is 7.93. The molecule has 0 saturated heterocycles. The molecule has 0 fully saturated rings. The molecule has 0 bridgehead atoms. The second-order valence-corrected chi connectivity index (χ2v) is 5.22. The number of benzene rings is 2. The molecule has 0 aliphatic rings. The topological polar surface area (TPSA) is 87.6 Å². The van der Waals surface area contributed by atoms with Crippen molar-refractivity contribution in [2.45, 2.75) is 0 Å². The van der Waals surface area contributed by atoms with E-state index in [0.717, 1.165) is 0 Å². The van der Waals surface area contributed by atoms with Gasteiger partial charge in [0.2, 0.25) is 5.75 Å². The Kier molecular flexibility index (Phi) is 6.87. The van der Waals surface area contributed by atoms with Crippen LogP contribution in [0.2, 0.25) is 0 Å². The van der Waals surface area contributed by atoms with Gasteiger partial charge in [0.1, 0.15) is 11.5 Å². The van der Waals surface area contributed by atoms with E-state index >= 15 is 0 Å². The first-order valence-electron chi connectivity index (χ1n) is 7.93. The highest BCUT2D eigenvalue weighted by atomic mass is 16.5. The van der Waals surface area contributed by atoms with Crippen LogP contribution in [0, 0.1) is 0 Å². The highest BCUT2D eigenvalue weighted by Gasteiger charge is 2.15. The second-order valence-electron chi connectivity index (χ2n) is 5.22. The van der Waals surface area contributed by atoms with Crippen LogP contribution in [0.5, 0.6) is 28.7 Å². The first-order chi connectivity index (χ1) is 13.1. The number of amides is 1. The van der Waals surface area contributed by atoms with Crippen molar-refractivity contribution >= 4 is 12.1 Å². The molecule has 144 valence electrons. The predicted octanol–water partition coefficient (Wildman–Crippen LogP) is 2.49. The van der Waals surface area contributed by atoms with Crippen LogP contribution in [-0.2, 0) is 0 Å². The minimum Gasteiger partial charge on any atom is -0.497 e. The third-order valence-corrected chi connectivity index (χ3v) is 3.72. The fourth-order valence-electron chi connectivity index (χ4n) is 2.39. The Balaban J connectivity index is 2.21. The maximum absolute atomic E-state index is 12.3. The smallest absolute Gasteiger partial charge is 0.271 e. The highest BCUT2D eigenvalue weighted by Crippen LogP contribution is 2.38. The molecule has 0 atom stereocenters. The van der Waals surface area contributed by atoms with Gasteiger partial charge in [-0.1, -0.05) is 0 Å². The second kappa shape index (κ2) is 9.33. The molecule has 8 nitrogen and oxygen atoms in total. The molecule has 0 spiro atoms. The fourth-order valence-corrected chi connectivity index (χ4v) is 2.39. The number of nitrogens with one attached hydrogen (secondary N) is 1. The van der Waals surface area contributed by atoms with Gasteiger partial charge >= 0.3 is 0 Å². The van der Waals surface area contributed by atoms with Gasteiger partial charge in [0, 0.05) is 17.2 Å². The zero-order valence-corrected chi connectivity index (χ0v) is 15.9. The van der Waals surface area contributed by atoms with Crippen LogP contribution >= 0.6 is 0 Å². The number of ether oxygens (including phenoxy) is 5. The lowest BCUT2D eigenvalue weighted by molar-refractivity contribution is 0.0954. The van der Waals surface area contributed by atoms with Gasteiger partial charge in [0.05, 0.1) is 41.8 Å². The SMILES string of the molecule is COc1cc(OC)cc(C(=O)NN=Cc2ccc(OC)c(OC)c2OC)c1. The van der Waals surface area contributed by atoms with E-state index in [9.17, 15) is 4.79 Å². The molecule has 1 amide bonds. The van der Waals surface area contributed by atoms with Crippen molar-refractivity contribution in [1.29, 1.82) is 0 Å². The van der Waals surface area contributed by atoms with Crippen molar-refractivity contribution in [2.75, 3.05) is 35.5 Å². The number of nitrogens with zero attached hydrogens (tertiary/aromatic N) is 1. The van der Waals surface area contributed by atoms with Gasteiger partial charge in [-0.25, -0.2) is 5.43 Å². The highest BCUT2D eigenvalue weighted by molar-refractivity contribution is 5.96. The molecule has 8 heteroatoms. The average molecular weight is 374 g/mol. The molecule has 0 saturated carbocycles. The number of hydrazone groups is 1. The summed E-state index contributed by atoms with van der Waals surface area (Å²) in [5, 5.41) is 3.99. The number of carbonyl (C=O) groups excluding carboxylic acids is 1. The normalized spacial score (nSPS) is 10.4. The zero-order chi connectivity index (χ0) is 19.8. The zero-order valence-electron chi connectivity index (χ0n) is 15.9. The summed E-state index contributed by atoms with van der Waals surface area (Å²) in [4.78, 5) is 12.3. The lowest BCUT2D eigenvalue weighted by Gasteiger charge is -2.13. The molecule has 0 aliphatic carbocycles. The van der Waals surface area contributed by atoms with Crippen molar-refractivity contribution in [1.82, 2.24) is 5.43 Å². The minimum atomic E-state index is -0.414. The van der Waals surface area contributed by atoms with E-state index in [1.807, 2.05) is 0 Å². The summed E-state index contributed by atoms with van der Waals surface area (Å²) in [5.74, 6) is 2.00. The summed E-state index contributed by atoms with van der Waals surface area (Å²) in [7, 11) is 7.58. The minimum absolute atomic E-state index is 0.350. The van der Waals surface area contributed by atoms with Crippen LogP contribution in [0.3, 0.4) is 0 Å². The number of rotatable bonds is 8.